The molecule has 13 heavy (non-hydrogen) atoms. The van der Waals surface area contributed by atoms with Crippen LogP contribution in [0.15, 0.2) is 24.5 Å². The van der Waals surface area contributed by atoms with Gasteiger partial charge in [0, 0.05) is 32.2 Å². The summed E-state index contributed by atoms with van der Waals surface area (Å²) in [5.41, 5.74) is 1.19. The Bertz CT molecular complexity index is 176. The smallest absolute Gasteiger partial charge is 0.378 e. The second-order valence-electron chi connectivity index (χ2n) is 2.10. The van der Waals surface area contributed by atoms with Gasteiger partial charge in [0.1, 0.15) is 0 Å². The summed E-state index contributed by atoms with van der Waals surface area (Å²) in [6, 6.07) is 3.94. The number of hydrogen-bond donors (Lipinski definition) is 0. The summed E-state index contributed by atoms with van der Waals surface area (Å²) in [6.07, 6.45) is 3.57. The molecule has 2 nitrogen and oxygen atoms in total. The van der Waals surface area contributed by atoms with Crippen molar-refractivity contribution in [1.29, 1.82) is 0 Å². The zero-order valence-electron chi connectivity index (χ0n) is 9.28. The van der Waals surface area contributed by atoms with Gasteiger partial charge in [0.25, 0.3) is 0 Å². The molecule has 0 atom stereocenters. The Morgan fingerprint density at radius 3 is 1.62 bits per heavy atom. The van der Waals surface area contributed by atoms with Gasteiger partial charge in [-0.05, 0) is 12.1 Å². The molecule has 0 radical (unpaired) electrons. The predicted octanol–water partition coefficient (Wildman–Crippen LogP) is 2.12. The monoisotopic (exact) mass is 194 g/mol. The molecule has 0 amide bonds. The van der Waals surface area contributed by atoms with E-state index in [9.17, 15) is 0 Å². The van der Waals surface area contributed by atoms with Crippen LogP contribution in [0.3, 0.4) is 0 Å². The van der Waals surface area contributed by atoms with Crippen molar-refractivity contribution in [3.63, 3.8) is 0 Å². The van der Waals surface area contributed by atoms with Crippen LogP contribution in [-0.2, 0) is 0 Å². The van der Waals surface area contributed by atoms with E-state index in [2.05, 4.69) is 4.98 Å². The first-order chi connectivity index (χ1) is 4.30. The zero-order chi connectivity index (χ0) is 6.69. The summed E-state index contributed by atoms with van der Waals surface area (Å²) in [5.74, 6) is 0. The van der Waals surface area contributed by atoms with Crippen LogP contribution >= 0.6 is 0 Å². The second-order valence-corrected chi connectivity index (χ2v) is 2.10. The Morgan fingerprint density at radius 2 is 1.38 bits per heavy atom. The molecule has 1 heterocycles. The standard InChI is InChI=1S/C7H10N2.3CH3.Al/c1-9(2)7-3-5-8-6-4-7;;;;/h3-6H,1-2H3;3*1H3;/q;3*-1;+3. The molecule has 0 saturated carbocycles. The van der Waals surface area contributed by atoms with Gasteiger partial charge in [-0.1, -0.05) is 0 Å². The van der Waals surface area contributed by atoms with Gasteiger partial charge < -0.3 is 27.2 Å². The largest absolute Gasteiger partial charge is 3.00 e. The van der Waals surface area contributed by atoms with E-state index >= 15 is 0 Å². The number of nitrogens with zero attached hydrogens (tertiary/aromatic N) is 2. The maximum absolute atomic E-state index is 3.90. The molecular weight excluding hydrogens is 175 g/mol. The van der Waals surface area contributed by atoms with Crippen LogP contribution in [0.5, 0.6) is 0 Å². The van der Waals surface area contributed by atoms with Gasteiger partial charge >= 0.3 is 17.4 Å². The molecule has 0 aliphatic carbocycles. The van der Waals surface area contributed by atoms with Crippen LogP contribution in [-0.4, -0.2) is 36.4 Å². The van der Waals surface area contributed by atoms with E-state index in [1.165, 1.54) is 5.69 Å². The van der Waals surface area contributed by atoms with Crippen LogP contribution in [0.25, 0.3) is 0 Å². The molecule has 0 unspecified atom stereocenters. The van der Waals surface area contributed by atoms with Crippen molar-refractivity contribution in [2.24, 2.45) is 0 Å². The van der Waals surface area contributed by atoms with Crippen LogP contribution in [0.1, 0.15) is 0 Å². The van der Waals surface area contributed by atoms with Crippen molar-refractivity contribution in [3.05, 3.63) is 46.8 Å². The van der Waals surface area contributed by atoms with Gasteiger partial charge in [0.05, 0.1) is 0 Å². The van der Waals surface area contributed by atoms with Gasteiger partial charge in [0.15, 0.2) is 0 Å². The summed E-state index contributed by atoms with van der Waals surface area (Å²) in [5, 5.41) is 0. The Labute approximate surface area is 94.1 Å². The third kappa shape index (κ3) is 7.83. The van der Waals surface area contributed by atoms with Crippen molar-refractivity contribution in [3.8, 4) is 0 Å². The molecule has 0 bridgehead atoms. The van der Waals surface area contributed by atoms with Crippen molar-refractivity contribution >= 4 is 23.0 Å². The van der Waals surface area contributed by atoms with E-state index in [0.717, 1.165) is 0 Å². The van der Waals surface area contributed by atoms with E-state index in [1.54, 1.807) is 12.4 Å². The number of anilines is 1. The van der Waals surface area contributed by atoms with E-state index in [1.807, 2.05) is 31.1 Å². The first kappa shape index (κ1) is 22.9. The molecule has 1 aromatic rings. The second kappa shape index (κ2) is 11.5. The predicted molar refractivity (Wildman–Crippen MR) is 63.6 cm³/mol. The Hall–Kier alpha value is -0.518. The first-order valence-corrected chi connectivity index (χ1v) is 2.88. The summed E-state index contributed by atoms with van der Waals surface area (Å²) in [4.78, 5) is 5.94. The summed E-state index contributed by atoms with van der Waals surface area (Å²) < 4.78 is 0. The number of pyridine rings is 1. The van der Waals surface area contributed by atoms with Gasteiger partial charge in [-0.2, -0.15) is 0 Å². The van der Waals surface area contributed by atoms with Gasteiger partial charge in [0.2, 0.25) is 0 Å². The fourth-order valence-electron chi connectivity index (χ4n) is 0.642. The van der Waals surface area contributed by atoms with Gasteiger partial charge in [-0.15, -0.1) is 0 Å². The van der Waals surface area contributed by atoms with Crippen LogP contribution < -0.4 is 4.90 Å². The topological polar surface area (TPSA) is 16.1 Å². The van der Waals surface area contributed by atoms with Crippen molar-refractivity contribution in [2.45, 2.75) is 0 Å². The van der Waals surface area contributed by atoms with Crippen molar-refractivity contribution < 1.29 is 0 Å². The quantitative estimate of drug-likeness (QED) is 0.503. The summed E-state index contributed by atoms with van der Waals surface area (Å²) >= 11 is 0. The van der Waals surface area contributed by atoms with E-state index < -0.39 is 0 Å². The molecular formula is C10H19AlN2. The van der Waals surface area contributed by atoms with Gasteiger partial charge in [-0.25, -0.2) is 0 Å². The summed E-state index contributed by atoms with van der Waals surface area (Å²) in [6.45, 7) is 0. The SMILES string of the molecule is CN(C)c1ccncc1.[Al+3].[CH3-].[CH3-].[CH3-]. The fourth-order valence-corrected chi connectivity index (χ4v) is 0.642. The maximum atomic E-state index is 3.90. The minimum Gasteiger partial charge on any atom is -0.378 e. The minimum atomic E-state index is 0. The Kier molecular flexibility index (Phi) is 20.2. The first-order valence-electron chi connectivity index (χ1n) is 2.88. The normalized spacial score (nSPS) is 6.31. The molecule has 0 fully saturated rings. The third-order valence-corrected chi connectivity index (χ3v) is 1.18. The number of rotatable bonds is 1. The van der Waals surface area contributed by atoms with E-state index in [-0.39, 0.29) is 39.6 Å². The number of aromatic nitrogens is 1. The Balaban J connectivity index is -0.000000101. The fraction of sp³-hybridized carbons (Fsp3) is 0.200. The average Bonchev–Trinajstić information content (AvgIpc) is 1.90. The molecule has 3 heteroatoms. The molecule has 1 rings (SSSR count). The Morgan fingerprint density at radius 1 is 1.00 bits per heavy atom. The minimum absolute atomic E-state index is 0. The number of hydrogen-bond acceptors (Lipinski definition) is 2. The van der Waals surface area contributed by atoms with E-state index in [0.29, 0.717) is 0 Å². The molecule has 0 saturated heterocycles. The molecule has 0 aromatic carbocycles. The van der Waals surface area contributed by atoms with Crippen molar-refractivity contribution in [2.75, 3.05) is 19.0 Å². The van der Waals surface area contributed by atoms with E-state index in [4.69, 9.17) is 0 Å². The van der Waals surface area contributed by atoms with Crippen LogP contribution in [0.4, 0.5) is 5.69 Å². The molecule has 0 aliphatic rings. The molecule has 72 valence electrons. The maximum Gasteiger partial charge on any atom is 3.00 e. The third-order valence-electron chi connectivity index (χ3n) is 1.18. The molecule has 0 N–H and O–H groups in total. The molecule has 1 aromatic heterocycles. The summed E-state index contributed by atoms with van der Waals surface area (Å²) in [7, 11) is 4.02. The van der Waals surface area contributed by atoms with Crippen LogP contribution in [0, 0.1) is 22.3 Å². The van der Waals surface area contributed by atoms with Crippen molar-refractivity contribution in [1.82, 2.24) is 4.98 Å². The zero-order valence-corrected chi connectivity index (χ0v) is 10.4. The average molecular weight is 194 g/mol. The molecule has 0 aliphatic heterocycles. The van der Waals surface area contributed by atoms with Crippen LogP contribution in [0.2, 0.25) is 0 Å². The van der Waals surface area contributed by atoms with Gasteiger partial charge in [-0.3, -0.25) is 4.98 Å². The molecule has 0 spiro atoms.